The molecule has 4 heteroatoms. The minimum atomic E-state index is 0.634. The second-order valence-electron chi connectivity index (χ2n) is 11.0. The van der Waals surface area contributed by atoms with Crippen LogP contribution in [0, 0.1) is 0 Å². The smallest absolute Gasteiger partial charge is 0.164 e. The quantitative estimate of drug-likeness (QED) is 0.214. The Balaban J connectivity index is 1.35. The maximum Gasteiger partial charge on any atom is 0.164 e. The van der Waals surface area contributed by atoms with E-state index in [9.17, 15) is 0 Å². The molecule has 0 saturated carbocycles. The van der Waals surface area contributed by atoms with Gasteiger partial charge in [0, 0.05) is 38.4 Å². The molecule has 6 aromatic carbocycles. The number of benzene rings is 6. The number of fused-ring (bicyclic) bond motifs is 7. The van der Waals surface area contributed by atoms with Gasteiger partial charge in [0.25, 0.3) is 0 Å². The highest BCUT2D eigenvalue weighted by Gasteiger charge is 2.21. The Morgan fingerprint density at radius 1 is 0.455 bits per heavy atom. The zero-order chi connectivity index (χ0) is 29.0. The average molecular weight is 564 g/mol. The van der Waals surface area contributed by atoms with Crippen molar-refractivity contribution in [3.05, 3.63) is 152 Å². The average Bonchev–Trinajstić information content (AvgIpc) is 3.65. The van der Waals surface area contributed by atoms with Crippen molar-refractivity contribution in [3.63, 3.8) is 0 Å². The Hall–Kier alpha value is -6.00. The minimum Gasteiger partial charge on any atom is -0.453 e. The highest BCUT2D eigenvalue weighted by Crippen LogP contribution is 2.42. The Labute approximate surface area is 253 Å². The van der Waals surface area contributed by atoms with Crippen LogP contribution < -0.4 is 0 Å². The van der Waals surface area contributed by atoms with Gasteiger partial charge in [0.1, 0.15) is 5.58 Å². The Morgan fingerprint density at radius 3 is 1.73 bits per heavy atom. The number of nitrogens with zero attached hydrogens (tertiary/aromatic N) is 3. The van der Waals surface area contributed by atoms with Gasteiger partial charge in [0.15, 0.2) is 11.4 Å². The lowest BCUT2D eigenvalue weighted by Crippen LogP contribution is -1.96. The molecule has 3 heterocycles. The second kappa shape index (κ2) is 9.79. The van der Waals surface area contributed by atoms with Crippen molar-refractivity contribution in [3.8, 4) is 39.6 Å². The van der Waals surface area contributed by atoms with E-state index in [4.69, 9.17) is 14.4 Å². The first-order chi connectivity index (χ1) is 21.8. The number of para-hydroxylation sites is 3. The van der Waals surface area contributed by atoms with E-state index in [1.165, 1.54) is 5.39 Å². The van der Waals surface area contributed by atoms with Crippen molar-refractivity contribution in [2.75, 3.05) is 0 Å². The van der Waals surface area contributed by atoms with Gasteiger partial charge in [-0.25, -0.2) is 9.97 Å². The van der Waals surface area contributed by atoms with Crippen LogP contribution in [0.2, 0.25) is 0 Å². The minimum absolute atomic E-state index is 0.634. The first-order valence-electron chi connectivity index (χ1n) is 14.8. The maximum atomic E-state index is 6.93. The van der Waals surface area contributed by atoms with Crippen molar-refractivity contribution in [2.45, 2.75) is 0 Å². The van der Waals surface area contributed by atoms with Crippen LogP contribution in [-0.4, -0.2) is 14.5 Å². The molecule has 0 atom stereocenters. The topological polar surface area (TPSA) is 43.9 Å². The van der Waals surface area contributed by atoms with E-state index in [2.05, 4.69) is 114 Å². The van der Waals surface area contributed by atoms with E-state index in [-0.39, 0.29) is 0 Å². The third kappa shape index (κ3) is 3.78. The number of furan rings is 1. The molecule has 0 amide bonds. The lowest BCUT2D eigenvalue weighted by atomic mass is 10.0. The summed E-state index contributed by atoms with van der Waals surface area (Å²) >= 11 is 0. The Bertz CT molecular complexity index is 2420. The van der Waals surface area contributed by atoms with Gasteiger partial charge in [-0.1, -0.05) is 115 Å². The van der Waals surface area contributed by atoms with Crippen molar-refractivity contribution >= 4 is 43.7 Å². The second-order valence-corrected chi connectivity index (χ2v) is 11.0. The monoisotopic (exact) mass is 563 g/mol. The van der Waals surface area contributed by atoms with Gasteiger partial charge in [-0.15, -0.1) is 0 Å². The van der Waals surface area contributed by atoms with Gasteiger partial charge >= 0.3 is 0 Å². The lowest BCUT2D eigenvalue weighted by Gasteiger charge is -2.09. The molecular weight excluding hydrogens is 538 g/mol. The Kier molecular flexibility index (Phi) is 5.47. The summed E-state index contributed by atoms with van der Waals surface area (Å²) in [7, 11) is 0. The van der Waals surface area contributed by atoms with Crippen molar-refractivity contribution in [1.29, 1.82) is 0 Å². The Morgan fingerprint density at radius 2 is 1.02 bits per heavy atom. The standard InChI is InChI=1S/C40H25N3O/c1-4-13-26(14-5-1)34-25-35(27-15-6-2-7-16-27)42-40(41-34)33-21-12-20-31-32-24-23-30-29-19-10-11-22-36(29)43(28-17-8-3-9-18-28)37(30)39(32)44-38(31)33/h1-25H. The van der Waals surface area contributed by atoms with Crippen LogP contribution in [0.15, 0.2) is 156 Å². The fourth-order valence-electron chi connectivity index (χ4n) is 6.41. The fourth-order valence-corrected chi connectivity index (χ4v) is 6.41. The molecule has 0 radical (unpaired) electrons. The van der Waals surface area contributed by atoms with Crippen molar-refractivity contribution < 1.29 is 4.42 Å². The van der Waals surface area contributed by atoms with Crippen molar-refractivity contribution in [1.82, 2.24) is 14.5 Å². The van der Waals surface area contributed by atoms with Crippen LogP contribution in [-0.2, 0) is 0 Å². The van der Waals surface area contributed by atoms with Gasteiger partial charge in [-0.2, -0.15) is 0 Å². The van der Waals surface area contributed by atoms with Gasteiger partial charge < -0.3 is 8.98 Å². The molecule has 0 saturated heterocycles. The van der Waals surface area contributed by atoms with E-state index < -0.39 is 0 Å². The summed E-state index contributed by atoms with van der Waals surface area (Å²) in [5.41, 5.74) is 9.62. The summed E-state index contributed by atoms with van der Waals surface area (Å²) in [6, 6.07) is 52.3. The summed E-state index contributed by atoms with van der Waals surface area (Å²) < 4.78 is 9.25. The molecule has 0 N–H and O–H groups in total. The summed E-state index contributed by atoms with van der Waals surface area (Å²) in [6.45, 7) is 0. The third-order valence-electron chi connectivity index (χ3n) is 8.42. The van der Waals surface area contributed by atoms with Gasteiger partial charge in [0.2, 0.25) is 0 Å². The van der Waals surface area contributed by atoms with Gasteiger partial charge in [-0.05, 0) is 36.4 Å². The first-order valence-corrected chi connectivity index (χ1v) is 14.8. The number of hydrogen-bond acceptors (Lipinski definition) is 3. The first kappa shape index (κ1) is 24.6. The number of aromatic nitrogens is 3. The van der Waals surface area contributed by atoms with Crippen LogP contribution >= 0.6 is 0 Å². The summed E-state index contributed by atoms with van der Waals surface area (Å²) in [4.78, 5) is 10.2. The summed E-state index contributed by atoms with van der Waals surface area (Å²) in [6.07, 6.45) is 0. The molecule has 9 rings (SSSR count). The van der Waals surface area contributed by atoms with E-state index in [1.807, 2.05) is 42.5 Å². The molecule has 0 unspecified atom stereocenters. The fraction of sp³-hybridized carbons (Fsp3) is 0. The van der Waals surface area contributed by atoms with Crippen LogP contribution in [0.25, 0.3) is 83.3 Å². The SMILES string of the molecule is c1ccc(-c2cc(-c3ccccc3)nc(-c3cccc4c3oc3c4ccc4c5ccccc5n(-c5ccccc5)c43)n2)cc1. The molecule has 4 nitrogen and oxygen atoms in total. The maximum absolute atomic E-state index is 6.93. The van der Waals surface area contributed by atoms with E-state index in [0.717, 1.165) is 72.1 Å². The highest BCUT2D eigenvalue weighted by atomic mass is 16.3. The molecule has 9 aromatic rings. The van der Waals surface area contributed by atoms with E-state index in [1.54, 1.807) is 0 Å². The molecule has 206 valence electrons. The molecule has 0 aliphatic rings. The van der Waals surface area contributed by atoms with Gasteiger partial charge in [0.05, 0.1) is 28.0 Å². The van der Waals surface area contributed by atoms with Crippen LogP contribution in [0.1, 0.15) is 0 Å². The zero-order valence-corrected chi connectivity index (χ0v) is 23.7. The molecular formula is C40H25N3O. The molecule has 0 aliphatic heterocycles. The predicted octanol–water partition coefficient (Wildman–Crippen LogP) is 10.5. The van der Waals surface area contributed by atoms with E-state index in [0.29, 0.717) is 5.82 Å². The molecule has 0 bridgehead atoms. The molecule has 0 aliphatic carbocycles. The molecule has 3 aromatic heterocycles. The highest BCUT2D eigenvalue weighted by molar-refractivity contribution is 6.22. The predicted molar refractivity (Wildman–Crippen MR) is 180 cm³/mol. The third-order valence-corrected chi connectivity index (χ3v) is 8.42. The lowest BCUT2D eigenvalue weighted by molar-refractivity contribution is 0.671. The van der Waals surface area contributed by atoms with Crippen LogP contribution in [0.5, 0.6) is 0 Å². The van der Waals surface area contributed by atoms with Crippen LogP contribution in [0.4, 0.5) is 0 Å². The largest absolute Gasteiger partial charge is 0.453 e. The van der Waals surface area contributed by atoms with Crippen LogP contribution in [0.3, 0.4) is 0 Å². The normalized spacial score (nSPS) is 11.6. The van der Waals surface area contributed by atoms with Gasteiger partial charge in [-0.3, -0.25) is 0 Å². The molecule has 44 heavy (non-hydrogen) atoms. The number of rotatable bonds is 4. The summed E-state index contributed by atoms with van der Waals surface area (Å²) in [5, 5.41) is 4.46. The zero-order valence-electron chi connectivity index (χ0n) is 23.7. The molecule has 0 spiro atoms. The number of hydrogen-bond donors (Lipinski definition) is 0. The summed E-state index contributed by atoms with van der Waals surface area (Å²) in [5.74, 6) is 0.634. The van der Waals surface area contributed by atoms with E-state index >= 15 is 0 Å². The van der Waals surface area contributed by atoms with Crippen molar-refractivity contribution in [2.24, 2.45) is 0 Å². The molecule has 0 fully saturated rings.